The van der Waals surface area contributed by atoms with Gasteiger partial charge in [0.15, 0.2) is 0 Å². The zero-order chi connectivity index (χ0) is 14.1. The molecule has 3 aliphatic rings. The molecule has 2 nitrogen and oxygen atoms in total. The van der Waals surface area contributed by atoms with Crippen LogP contribution in [0.25, 0.3) is 0 Å². The van der Waals surface area contributed by atoms with E-state index in [1.54, 1.807) is 0 Å². The second-order valence-corrected chi connectivity index (χ2v) is 6.39. The van der Waals surface area contributed by atoms with Gasteiger partial charge in [0.25, 0.3) is 0 Å². The van der Waals surface area contributed by atoms with Crippen LogP contribution in [0.2, 0.25) is 0 Å². The van der Waals surface area contributed by atoms with Crippen LogP contribution >= 0.6 is 0 Å². The maximum absolute atomic E-state index is 10.7. The molecule has 0 heterocycles. The average molecular weight is 266 g/mol. The number of aliphatic hydroxyl groups excluding tert-OH is 2. The number of fused-ring (bicyclic) bond motifs is 1. The summed E-state index contributed by atoms with van der Waals surface area (Å²) in [4.78, 5) is 0. The Kier molecular flexibility index (Phi) is 2.13. The van der Waals surface area contributed by atoms with Crippen molar-refractivity contribution in [3.63, 3.8) is 0 Å². The summed E-state index contributed by atoms with van der Waals surface area (Å²) in [5, 5.41) is 21.5. The highest BCUT2D eigenvalue weighted by molar-refractivity contribution is 5.64. The quantitative estimate of drug-likeness (QED) is 0.768. The fourth-order valence-corrected chi connectivity index (χ4v) is 4.34. The van der Waals surface area contributed by atoms with Crippen LogP contribution in [0, 0.1) is 0 Å². The van der Waals surface area contributed by atoms with Gasteiger partial charge < -0.3 is 10.2 Å². The Morgan fingerprint density at radius 3 is 1.15 bits per heavy atom. The van der Waals surface area contributed by atoms with E-state index in [1.165, 1.54) is 0 Å². The summed E-state index contributed by atoms with van der Waals surface area (Å²) in [6.07, 6.45) is -1.56. The third-order valence-corrected chi connectivity index (χ3v) is 5.57. The molecule has 5 rings (SSSR count). The zero-order valence-corrected chi connectivity index (χ0v) is 11.7. The molecule has 0 saturated carbocycles. The van der Waals surface area contributed by atoms with Crippen molar-refractivity contribution >= 4 is 0 Å². The molecule has 0 spiro atoms. The summed E-state index contributed by atoms with van der Waals surface area (Å²) >= 11 is 0. The Balaban J connectivity index is 2.20. The van der Waals surface area contributed by atoms with Gasteiger partial charge in [-0.05, 0) is 36.1 Å². The van der Waals surface area contributed by atoms with Crippen molar-refractivity contribution in [2.75, 3.05) is 0 Å². The average Bonchev–Trinajstić information content (AvgIpc) is 2.50. The summed E-state index contributed by atoms with van der Waals surface area (Å²) < 4.78 is 0. The normalized spacial score (nSPS) is 37.4. The maximum Gasteiger partial charge on any atom is 0.0945 e. The lowest BCUT2D eigenvalue weighted by Crippen LogP contribution is -2.64. The van der Waals surface area contributed by atoms with E-state index in [-0.39, 0.29) is 0 Å². The standard InChI is InChI=1S/C18H18O2/c1-17-11-7-3-5-9-13(11)18(2,16(20)15(17)19)14-10-6-4-8-12(14)17/h3-10,15-16,19-20H,1-2H3/t15-,16+,17?,18?. The van der Waals surface area contributed by atoms with Crippen LogP contribution in [0.15, 0.2) is 48.5 Å². The van der Waals surface area contributed by atoms with Crippen molar-refractivity contribution in [2.24, 2.45) is 0 Å². The molecular formula is C18H18O2. The molecule has 0 aromatic heterocycles. The highest BCUT2D eigenvalue weighted by atomic mass is 16.3. The first-order valence-electron chi connectivity index (χ1n) is 7.08. The fourth-order valence-electron chi connectivity index (χ4n) is 4.34. The van der Waals surface area contributed by atoms with Crippen molar-refractivity contribution in [3.05, 3.63) is 70.8 Å². The van der Waals surface area contributed by atoms with E-state index in [1.807, 2.05) is 38.1 Å². The predicted molar refractivity (Wildman–Crippen MR) is 77.8 cm³/mol. The molecule has 0 saturated heterocycles. The molecule has 2 atom stereocenters. The van der Waals surface area contributed by atoms with Crippen LogP contribution in [0.3, 0.4) is 0 Å². The number of hydrogen-bond donors (Lipinski definition) is 2. The lowest BCUT2D eigenvalue weighted by atomic mass is 9.48. The van der Waals surface area contributed by atoms with Crippen LogP contribution in [0.1, 0.15) is 36.1 Å². The van der Waals surface area contributed by atoms with Gasteiger partial charge in [-0.1, -0.05) is 48.5 Å². The summed E-state index contributed by atoms with van der Waals surface area (Å²) in [6.45, 7) is 4.08. The molecule has 102 valence electrons. The Morgan fingerprint density at radius 2 is 0.900 bits per heavy atom. The minimum absolute atomic E-state index is 0.537. The second-order valence-electron chi connectivity index (χ2n) is 6.39. The minimum Gasteiger partial charge on any atom is -0.389 e. The van der Waals surface area contributed by atoms with Gasteiger partial charge in [0.05, 0.1) is 12.2 Å². The first-order chi connectivity index (χ1) is 9.52. The summed E-state index contributed by atoms with van der Waals surface area (Å²) in [7, 11) is 0. The van der Waals surface area contributed by atoms with Gasteiger partial charge >= 0.3 is 0 Å². The van der Waals surface area contributed by atoms with Gasteiger partial charge in [0.1, 0.15) is 0 Å². The number of benzene rings is 2. The van der Waals surface area contributed by atoms with Gasteiger partial charge in [-0.25, -0.2) is 0 Å². The van der Waals surface area contributed by atoms with E-state index in [2.05, 4.69) is 24.3 Å². The van der Waals surface area contributed by atoms with Crippen molar-refractivity contribution in [1.29, 1.82) is 0 Å². The third-order valence-electron chi connectivity index (χ3n) is 5.57. The van der Waals surface area contributed by atoms with Gasteiger partial charge in [0.2, 0.25) is 0 Å². The topological polar surface area (TPSA) is 40.5 Å². The molecule has 20 heavy (non-hydrogen) atoms. The monoisotopic (exact) mass is 266 g/mol. The van der Waals surface area contributed by atoms with Crippen LogP contribution in [0.5, 0.6) is 0 Å². The van der Waals surface area contributed by atoms with E-state index in [0.29, 0.717) is 0 Å². The predicted octanol–water partition coefficient (Wildman–Crippen LogP) is 2.35. The molecule has 2 bridgehead atoms. The second kappa shape index (κ2) is 3.51. The smallest absolute Gasteiger partial charge is 0.0945 e. The molecule has 0 radical (unpaired) electrons. The maximum atomic E-state index is 10.7. The third kappa shape index (κ3) is 1.06. The zero-order valence-electron chi connectivity index (χ0n) is 11.7. The summed E-state index contributed by atoms with van der Waals surface area (Å²) in [5.41, 5.74) is 3.48. The first kappa shape index (κ1) is 12.1. The molecule has 2 aromatic carbocycles. The van der Waals surface area contributed by atoms with Crippen molar-refractivity contribution in [2.45, 2.75) is 36.9 Å². The first-order valence-corrected chi connectivity index (χ1v) is 7.08. The van der Waals surface area contributed by atoms with Gasteiger partial charge in [-0.3, -0.25) is 0 Å². The minimum atomic E-state index is -0.780. The van der Waals surface area contributed by atoms with Crippen molar-refractivity contribution in [1.82, 2.24) is 0 Å². The molecule has 0 amide bonds. The lowest BCUT2D eigenvalue weighted by Gasteiger charge is -2.58. The fraction of sp³-hybridized carbons (Fsp3) is 0.333. The Hall–Kier alpha value is -1.64. The van der Waals surface area contributed by atoms with Gasteiger partial charge in [-0.15, -0.1) is 0 Å². The molecule has 2 heteroatoms. The number of aliphatic hydroxyl groups is 2. The van der Waals surface area contributed by atoms with Crippen molar-refractivity contribution < 1.29 is 10.2 Å². The van der Waals surface area contributed by atoms with E-state index < -0.39 is 23.0 Å². The lowest BCUT2D eigenvalue weighted by molar-refractivity contribution is -0.0678. The summed E-state index contributed by atoms with van der Waals surface area (Å²) in [6, 6.07) is 16.4. The van der Waals surface area contributed by atoms with Gasteiger partial charge in [-0.2, -0.15) is 0 Å². The Labute approximate surface area is 118 Å². The molecule has 3 aliphatic carbocycles. The Morgan fingerprint density at radius 1 is 0.650 bits per heavy atom. The van der Waals surface area contributed by atoms with Crippen LogP contribution in [-0.4, -0.2) is 22.4 Å². The van der Waals surface area contributed by atoms with Gasteiger partial charge in [0, 0.05) is 10.8 Å². The number of hydrogen-bond acceptors (Lipinski definition) is 2. The molecular weight excluding hydrogens is 248 g/mol. The van der Waals surface area contributed by atoms with E-state index in [0.717, 1.165) is 22.3 Å². The SMILES string of the molecule is CC12c3ccccc3C(C)(c3ccccc31)[C@@H](O)[C@H]2O. The van der Waals surface area contributed by atoms with E-state index in [9.17, 15) is 10.2 Å². The highest BCUT2D eigenvalue weighted by Gasteiger charge is 2.61. The van der Waals surface area contributed by atoms with Crippen LogP contribution < -0.4 is 0 Å². The summed E-state index contributed by atoms with van der Waals surface area (Å²) in [5.74, 6) is 0. The molecule has 0 aliphatic heterocycles. The van der Waals surface area contributed by atoms with Crippen molar-refractivity contribution in [3.8, 4) is 0 Å². The molecule has 2 N–H and O–H groups in total. The van der Waals surface area contributed by atoms with Crippen LogP contribution in [0.4, 0.5) is 0 Å². The molecule has 0 fully saturated rings. The molecule has 0 unspecified atom stereocenters. The Bertz CT molecular complexity index is 597. The van der Waals surface area contributed by atoms with E-state index >= 15 is 0 Å². The largest absolute Gasteiger partial charge is 0.389 e. The van der Waals surface area contributed by atoms with E-state index in [4.69, 9.17) is 0 Å². The van der Waals surface area contributed by atoms with Crippen LogP contribution in [-0.2, 0) is 10.8 Å². The number of rotatable bonds is 0. The molecule has 2 aromatic rings. The highest BCUT2D eigenvalue weighted by Crippen LogP contribution is 2.58.